The normalized spacial score (nSPS) is 19.0. The van der Waals surface area contributed by atoms with Gasteiger partial charge in [-0.3, -0.25) is 9.59 Å². The molecule has 118 valence electrons. The lowest BCUT2D eigenvalue weighted by molar-refractivity contribution is -0.122. The second-order valence-electron chi connectivity index (χ2n) is 5.45. The summed E-state index contributed by atoms with van der Waals surface area (Å²) >= 11 is 5.86. The van der Waals surface area contributed by atoms with E-state index >= 15 is 0 Å². The van der Waals surface area contributed by atoms with E-state index < -0.39 is 11.7 Å². The van der Waals surface area contributed by atoms with Crippen LogP contribution in [0.4, 0.5) is 15.8 Å². The van der Waals surface area contributed by atoms with Crippen molar-refractivity contribution in [3.05, 3.63) is 59.4 Å². The van der Waals surface area contributed by atoms with Crippen LogP contribution in [-0.2, 0) is 9.59 Å². The number of hydrogen-bond donors (Lipinski definition) is 2. The van der Waals surface area contributed by atoms with Gasteiger partial charge in [0.15, 0.2) is 0 Å². The number of nitrogens with one attached hydrogen (secondary N) is 2. The van der Waals surface area contributed by atoms with Gasteiger partial charge in [-0.25, -0.2) is 4.39 Å². The summed E-state index contributed by atoms with van der Waals surface area (Å²) in [6.45, 7) is 0. The average Bonchev–Trinajstić information content (AvgIpc) is 3.28. The van der Waals surface area contributed by atoms with Crippen LogP contribution in [0.3, 0.4) is 0 Å². The van der Waals surface area contributed by atoms with E-state index in [2.05, 4.69) is 10.6 Å². The Morgan fingerprint density at radius 1 is 0.957 bits per heavy atom. The topological polar surface area (TPSA) is 58.2 Å². The van der Waals surface area contributed by atoms with Gasteiger partial charge in [0.25, 0.3) is 0 Å². The minimum Gasteiger partial charge on any atom is -0.326 e. The summed E-state index contributed by atoms with van der Waals surface area (Å²) in [7, 11) is 0. The van der Waals surface area contributed by atoms with Gasteiger partial charge in [0.1, 0.15) is 5.82 Å². The predicted octanol–water partition coefficient (Wildman–Crippen LogP) is 3.69. The monoisotopic (exact) mass is 332 g/mol. The lowest BCUT2D eigenvalue weighted by Crippen LogP contribution is -2.20. The van der Waals surface area contributed by atoms with Crippen molar-refractivity contribution in [2.24, 2.45) is 11.8 Å². The summed E-state index contributed by atoms with van der Waals surface area (Å²) < 4.78 is 13.1. The molecule has 1 aliphatic carbocycles. The molecule has 0 aliphatic heterocycles. The van der Waals surface area contributed by atoms with Crippen LogP contribution in [0.1, 0.15) is 6.42 Å². The maximum Gasteiger partial charge on any atom is 0.228 e. The molecule has 1 fully saturated rings. The van der Waals surface area contributed by atoms with Crippen molar-refractivity contribution in [3.8, 4) is 0 Å². The van der Waals surface area contributed by atoms with E-state index in [-0.39, 0.29) is 17.7 Å². The molecule has 2 atom stereocenters. The van der Waals surface area contributed by atoms with Crippen molar-refractivity contribution < 1.29 is 14.0 Å². The number of halogens is 2. The van der Waals surface area contributed by atoms with Crippen LogP contribution in [0.15, 0.2) is 48.5 Å². The number of amides is 2. The summed E-state index contributed by atoms with van der Waals surface area (Å²) in [5.41, 5.74) is 0.981. The number of benzene rings is 2. The van der Waals surface area contributed by atoms with Gasteiger partial charge in [0.2, 0.25) is 11.8 Å². The van der Waals surface area contributed by atoms with E-state index in [1.165, 1.54) is 18.2 Å². The van der Waals surface area contributed by atoms with Crippen molar-refractivity contribution >= 4 is 34.8 Å². The highest BCUT2D eigenvalue weighted by Crippen LogP contribution is 2.40. The number of carbonyl (C=O) groups is 2. The number of anilines is 2. The first-order chi connectivity index (χ1) is 11.0. The Hall–Kier alpha value is -2.40. The molecule has 0 heterocycles. The first kappa shape index (κ1) is 15.5. The summed E-state index contributed by atoms with van der Waals surface area (Å²) in [4.78, 5) is 24.2. The Labute approximate surface area is 137 Å². The molecule has 1 aliphatic rings. The standard InChI is InChI=1S/C17H14ClFN2O2/c18-10-3-1-5-12(7-10)20-16(22)14-9-15(14)17(23)21-13-6-2-4-11(19)8-13/h1-8,14-15H,9H2,(H,20,22)(H,21,23). The molecule has 0 saturated heterocycles. The van der Waals surface area contributed by atoms with Crippen LogP contribution >= 0.6 is 11.6 Å². The number of rotatable bonds is 4. The van der Waals surface area contributed by atoms with Gasteiger partial charge < -0.3 is 10.6 Å². The molecule has 0 aromatic heterocycles. The Kier molecular flexibility index (Phi) is 4.30. The Balaban J connectivity index is 1.56. The quantitative estimate of drug-likeness (QED) is 0.897. The number of hydrogen-bond acceptors (Lipinski definition) is 2. The van der Waals surface area contributed by atoms with Gasteiger partial charge in [0.05, 0.1) is 11.8 Å². The van der Waals surface area contributed by atoms with Crippen LogP contribution < -0.4 is 10.6 Å². The van der Waals surface area contributed by atoms with Gasteiger partial charge >= 0.3 is 0 Å². The maximum absolute atomic E-state index is 13.1. The fourth-order valence-electron chi connectivity index (χ4n) is 2.38. The fraction of sp³-hybridized carbons (Fsp3) is 0.176. The molecule has 0 spiro atoms. The average molecular weight is 333 g/mol. The SMILES string of the molecule is O=C(Nc1cccc(F)c1)C1CC1C(=O)Nc1cccc(Cl)c1. The summed E-state index contributed by atoms with van der Waals surface area (Å²) in [5.74, 6) is -1.68. The Bertz CT molecular complexity index is 702. The van der Waals surface area contributed by atoms with Crippen molar-refractivity contribution in [1.29, 1.82) is 0 Å². The van der Waals surface area contributed by atoms with E-state index in [0.717, 1.165) is 0 Å². The lowest BCUT2D eigenvalue weighted by atomic mass is 10.2. The van der Waals surface area contributed by atoms with Crippen molar-refractivity contribution in [2.45, 2.75) is 6.42 Å². The summed E-state index contributed by atoms with van der Waals surface area (Å²) in [6, 6.07) is 12.5. The maximum atomic E-state index is 13.1. The van der Waals surface area contributed by atoms with Gasteiger partial charge in [-0.15, -0.1) is 0 Å². The molecule has 0 radical (unpaired) electrons. The van der Waals surface area contributed by atoms with Crippen LogP contribution in [0.5, 0.6) is 0 Å². The molecule has 2 amide bonds. The fourth-order valence-corrected chi connectivity index (χ4v) is 2.57. The zero-order valence-electron chi connectivity index (χ0n) is 12.1. The molecule has 2 N–H and O–H groups in total. The van der Waals surface area contributed by atoms with Gasteiger partial charge in [0, 0.05) is 16.4 Å². The molecule has 0 bridgehead atoms. The van der Waals surface area contributed by atoms with Crippen LogP contribution in [0.2, 0.25) is 5.02 Å². The van der Waals surface area contributed by atoms with Gasteiger partial charge in [-0.05, 0) is 42.8 Å². The second-order valence-corrected chi connectivity index (χ2v) is 5.88. The highest BCUT2D eigenvalue weighted by Gasteiger charge is 2.48. The van der Waals surface area contributed by atoms with Crippen molar-refractivity contribution in [3.63, 3.8) is 0 Å². The third-order valence-corrected chi connectivity index (χ3v) is 3.88. The van der Waals surface area contributed by atoms with E-state index in [4.69, 9.17) is 11.6 Å². The number of carbonyl (C=O) groups excluding carboxylic acids is 2. The zero-order chi connectivity index (χ0) is 16.4. The molecule has 23 heavy (non-hydrogen) atoms. The lowest BCUT2D eigenvalue weighted by Gasteiger charge is -2.06. The first-order valence-corrected chi connectivity index (χ1v) is 7.53. The Morgan fingerprint density at radius 2 is 1.52 bits per heavy atom. The van der Waals surface area contributed by atoms with Crippen molar-refractivity contribution in [1.82, 2.24) is 0 Å². The molecule has 4 nitrogen and oxygen atoms in total. The van der Waals surface area contributed by atoms with Crippen LogP contribution in [0.25, 0.3) is 0 Å². The minimum absolute atomic E-state index is 0.216. The highest BCUT2D eigenvalue weighted by molar-refractivity contribution is 6.30. The second kappa shape index (κ2) is 6.38. The third-order valence-electron chi connectivity index (χ3n) is 3.65. The molecule has 2 unspecified atom stereocenters. The highest BCUT2D eigenvalue weighted by atomic mass is 35.5. The smallest absolute Gasteiger partial charge is 0.228 e. The van der Waals surface area contributed by atoms with Crippen LogP contribution in [0, 0.1) is 17.7 Å². The van der Waals surface area contributed by atoms with E-state index in [0.29, 0.717) is 22.8 Å². The van der Waals surface area contributed by atoms with Crippen LogP contribution in [-0.4, -0.2) is 11.8 Å². The molecule has 2 aromatic rings. The zero-order valence-corrected chi connectivity index (χ0v) is 12.8. The molecule has 6 heteroatoms. The predicted molar refractivity (Wildman–Crippen MR) is 86.7 cm³/mol. The van der Waals surface area contributed by atoms with Gasteiger partial charge in [-0.2, -0.15) is 0 Å². The molecule has 3 rings (SSSR count). The third kappa shape index (κ3) is 3.87. The first-order valence-electron chi connectivity index (χ1n) is 7.16. The largest absolute Gasteiger partial charge is 0.326 e. The van der Waals surface area contributed by atoms with Crippen molar-refractivity contribution in [2.75, 3.05) is 10.6 Å². The Morgan fingerprint density at radius 3 is 2.09 bits per heavy atom. The minimum atomic E-state index is -0.422. The summed E-state index contributed by atoms with van der Waals surface area (Å²) in [5, 5.41) is 5.89. The molecular weight excluding hydrogens is 319 g/mol. The summed E-state index contributed by atoms with van der Waals surface area (Å²) in [6.07, 6.45) is 0.480. The van der Waals surface area contributed by atoms with E-state index in [9.17, 15) is 14.0 Å². The molecule has 2 aromatic carbocycles. The molecular formula is C17H14ClFN2O2. The van der Waals surface area contributed by atoms with E-state index in [1.807, 2.05) is 0 Å². The van der Waals surface area contributed by atoms with E-state index in [1.54, 1.807) is 30.3 Å². The molecule has 1 saturated carbocycles. The van der Waals surface area contributed by atoms with Gasteiger partial charge in [-0.1, -0.05) is 23.7 Å².